The number of piperidine rings is 1. The first-order valence-electron chi connectivity index (χ1n) is 10.6. The number of sulfonamides is 1. The molecule has 1 amide bonds. The molecule has 28 heavy (non-hydrogen) atoms. The third-order valence-electron chi connectivity index (χ3n) is 6.61. The minimum Gasteiger partial charge on any atom is -0.312 e. The number of carbonyl (C=O) groups excluding carboxylic acids is 1. The summed E-state index contributed by atoms with van der Waals surface area (Å²) < 4.78 is 28.2. The molecule has 0 aromatic heterocycles. The van der Waals surface area contributed by atoms with Gasteiger partial charge in [-0.05, 0) is 69.3 Å². The molecule has 154 valence electrons. The average Bonchev–Trinajstić information content (AvgIpc) is 3.05. The maximum Gasteiger partial charge on any atom is 0.240 e. The van der Waals surface area contributed by atoms with Crippen molar-refractivity contribution in [2.75, 3.05) is 31.1 Å². The fourth-order valence-corrected chi connectivity index (χ4v) is 5.62. The van der Waals surface area contributed by atoms with Gasteiger partial charge in [0, 0.05) is 37.3 Å². The number of amides is 1. The Bertz CT molecular complexity index is 835. The number of hydrogen-bond donors (Lipinski definition) is 1. The zero-order valence-corrected chi connectivity index (χ0v) is 17.5. The van der Waals surface area contributed by atoms with Crippen molar-refractivity contribution in [1.29, 1.82) is 0 Å². The average molecular weight is 406 g/mol. The summed E-state index contributed by atoms with van der Waals surface area (Å²) in [6.45, 7) is 5.09. The highest BCUT2D eigenvalue weighted by Crippen LogP contribution is 2.35. The van der Waals surface area contributed by atoms with E-state index in [1.54, 1.807) is 18.2 Å². The molecule has 7 heteroatoms. The lowest BCUT2D eigenvalue weighted by atomic mass is 9.84. The van der Waals surface area contributed by atoms with Gasteiger partial charge in [-0.15, -0.1) is 0 Å². The molecule has 6 nitrogen and oxygen atoms in total. The first kappa shape index (κ1) is 19.9. The minimum atomic E-state index is -3.53. The Morgan fingerprint density at radius 2 is 1.96 bits per heavy atom. The number of rotatable bonds is 6. The van der Waals surface area contributed by atoms with Gasteiger partial charge in [0.25, 0.3) is 0 Å². The van der Waals surface area contributed by atoms with Crippen LogP contribution in [0.1, 0.15) is 51.0 Å². The highest BCUT2D eigenvalue weighted by molar-refractivity contribution is 7.89. The first-order chi connectivity index (χ1) is 13.5. The molecule has 2 aliphatic heterocycles. The number of nitrogens with zero attached hydrogens (tertiary/aromatic N) is 2. The second-order valence-electron chi connectivity index (χ2n) is 8.44. The second kappa shape index (κ2) is 8.13. The van der Waals surface area contributed by atoms with E-state index in [0.717, 1.165) is 50.0 Å². The maximum absolute atomic E-state index is 12.7. The van der Waals surface area contributed by atoms with Gasteiger partial charge in [-0.2, -0.15) is 0 Å². The molecule has 1 aromatic rings. The number of benzene rings is 1. The Hall–Kier alpha value is -1.44. The fraction of sp³-hybridized carbons (Fsp3) is 0.667. The summed E-state index contributed by atoms with van der Waals surface area (Å²) in [5.74, 6) is 0.364. The van der Waals surface area contributed by atoms with Crippen molar-refractivity contribution >= 4 is 21.6 Å². The molecule has 2 fully saturated rings. The number of anilines is 1. The lowest BCUT2D eigenvalue weighted by Crippen LogP contribution is -2.42. The standard InChI is InChI=1S/C21H31N3O3S/c1-16-5-2-3-12-23(16)14-11-22-28(26,27)19-8-9-20-18(15-19)10-13-24(20)21(25)17-6-4-7-17/h8-9,15-17,22H,2-7,10-14H2,1H3. The van der Waals surface area contributed by atoms with Gasteiger partial charge < -0.3 is 4.90 Å². The van der Waals surface area contributed by atoms with Crippen LogP contribution in [0.25, 0.3) is 0 Å². The van der Waals surface area contributed by atoms with Gasteiger partial charge >= 0.3 is 0 Å². The molecule has 1 saturated heterocycles. The Labute approximate surface area is 168 Å². The van der Waals surface area contributed by atoms with Crippen LogP contribution in [-0.4, -0.2) is 51.4 Å². The fourth-order valence-electron chi connectivity index (χ4n) is 4.55. The predicted octanol–water partition coefficient (Wildman–Crippen LogP) is 2.53. The lowest BCUT2D eigenvalue weighted by molar-refractivity contribution is -0.124. The summed E-state index contributed by atoms with van der Waals surface area (Å²) in [7, 11) is -3.53. The van der Waals surface area contributed by atoms with E-state index in [1.807, 2.05) is 4.90 Å². The van der Waals surface area contributed by atoms with E-state index in [9.17, 15) is 13.2 Å². The number of nitrogens with one attached hydrogen (secondary N) is 1. The van der Waals surface area contributed by atoms with E-state index in [1.165, 1.54) is 19.3 Å². The Morgan fingerprint density at radius 1 is 1.14 bits per heavy atom. The molecule has 1 saturated carbocycles. The molecular formula is C21H31N3O3S. The molecule has 1 atom stereocenters. The molecule has 1 N–H and O–H groups in total. The van der Waals surface area contributed by atoms with Crippen molar-refractivity contribution in [2.24, 2.45) is 5.92 Å². The van der Waals surface area contributed by atoms with Crippen LogP contribution in [0.4, 0.5) is 5.69 Å². The van der Waals surface area contributed by atoms with Gasteiger partial charge in [0.1, 0.15) is 0 Å². The van der Waals surface area contributed by atoms with Crippen molar-refractivity contribution in [1.82, 2.24) is 9.62 Å². The van der Waals surface area contributed by atoms with Gasteiger partial charge in [0.15, 0.2) is 0 Å². The zero-order valence-electron chi connectivity index (χ0n) is 16.7. The van der Waals surface area contributed by atoms with Crippen molar-refractivity contribution in [3.05, 3.63) is 23.8 Å². The summed E-state index contributed by atoms with van der Waals surface area (Å²) in [6, 6.07) is 5.71. The molecule has 1 aromatic carbocycles. The third-order valence-corrected chi connectivity index (χ3v) is 8.07. The van der Waals surface area contributed by atoms with E-state index in [0.29, 0.717) is 24.0 Å². The molecule has 4 rings (SSSR count). The van der Waals surface area contributed by atoms with Crippen LogP contribution in [0.2, 0.25) is 0 Å². The van der Waals surface area contributed by atoms with Crippen LogP contribution >= 0.6 is 0 Å². The monoisotopic (exact) mass is 405 g/mol. The third kappa shape index (κ3) is 3.98. The molecule has 1 unspecified atom stereocenters. The van der Waals surface area contributed by atoms with Crippen LogP contribution in [0, 0.1) is 5.92 Å². The largest absolute Gasteiger partial charge is 0.312 e. The van der Waals surface area contributed by atoms with Crippen LogP contribution in [0.15, 0.2) is 23.1 Å². The van der Waals surface area contributed by atoms with Crippen molar-refractivity contribution < 1.29 is 13.2 Å². The zero-order chi connectivity index (χ0) is 19.7. The van der Waals surface area contributed by atoms with Gasteiger partial charge in [-0.3, -0.25) is 9.69 Å². The predicted molar refractivity (Wildman–Crippen MR) is 110 cm³/mol. The first-order valence-corrected chi connectivity index (χ1v) is 12.1. The highest BCUT2D eigenvalue weighted by atomic mass is 32.2. The van der Waals surface area contributed by atoms with Crippen molar-refractivity contribution in [3.63, 3.8) is 0 Å². The van der Waals surface area contributed by atoms with Gasteiger partial charge in [0.2, 0.25) is 15.9 Å². The number of hydrogen-bond acceptors (Lipinski definition) is 4. The number of likely N-dealkylation sites (tertiary alicyclic amines) is 1. The van der Waals surface area contributed by atoms with E-state index in [2.05, 4.69) is 16.5 Å². The summed E-state index contributed by atoms with van der Waals surface area (Å²) in [5, 5.41) is 0. The van der Waals surface area contributed by atoms with Gasteiger partial charge in [0.05, 0.1) is 4.90 Å². The number of fused-ring (bicyclic) bond motifs is 1. The second-order valence-corrected chi connectivity index (χ2v) is 10.2. The topological polar surface area (TPSA) is 69.7 Å². The summed E-state index contributed by atoms with van der Waals surface area (Å²) in [4.78, 5) is 17.1. The maximum atomic E-state index is 12.7. The summed E-state index contributed by atoms with van der Waals surface area (Å²) in [5.41, 5.74) is 1.85. The number of carbonyl (C=O) groups is 1. The Kier molecular flexibility index (Phi) is 5.76. The van der Waals surface area contributed by atoms with E-state index < -0.39 is 10.0 Å². The molecule has 3 aliphatic rings. The van der Waals surface area contributed by atoms with Crippen LogP contribution in [0.3, 0.4) is 0 Å². The smallest absolute Gasteiger partial charge is 0.240 e. The molecule has 0 bridgehead atoms. The normalized spacial score (nSPS) is 23.5. The lowest BCUT2D eigenvalue weighted by Gasteiger charge is -2.33. The highest BCUT2D eigenvalue weighted by Gasteiger charge is 2.33. The molecule has 0 spiro atoms. The summed E-state index contributed by atoms with van der Waals surface area (Å²) in [6.07, 6.45) is 7.47. The van der Waals surface area contributed by atoms with E-state index in [-0.39, 0.29) is 11.8 Å². The molecule has 2 heterocycles. The van der Waals surface area contributed by atoms with Gasteiger partial charge in [-0.25, -0.2) is 13.1 Å². The Morgan fingerprint density at radius 3 is 2.68 bits per heavy atom. The molecule has 0 radical (unpaired) electrons. The molecule has 1 aliphatic carbocycles. The van der Waals surface area contributed by atoms with Crippen LogP contribution in [0.5, 0.6) is 0 Å². The Balaban J connectivity index is 1.39. The SMILES string of the molecule is CC1CCCCN1CCNS(=O)(=O)c1ccc2c(c1)CCN2C(=O)C1CCC1. The van der Waals surface area contributed by atoms with Crippen molar-refractivity contribution in [3.8, 4) is 0 Å². The van der Waals surface area contributed by atoms with E-state index in [4.69, 9.17) is 0 Å². The molecular weight excluding hydrogens is 374 g/mol. The van der Waals surface area contributed by atoms with Crippen molar-refractivity contribution in [2.45, 2.75) is 62.8 Å². The summed E-state index contributed by atoms with van der Waals surface area (Å²) >= 11 is 0. The van der Waals surface area contributed by atoms with Gasteiger partial charge in [-0.1, -0.05) is 12.8 Å². The van der Waals surface area contributed by atoms with Crippen LogP contribution in [-0.2, 0) is 21.2 Å². The van der Waals surface area contributed by atoms with Crippen LogP contribution < -0.4 is 9.62 Å². The quantitative estimate of drug-likeness (QED) is 0.790. The van der Waals surface area contributed by atoms with E-state index >= 15 is 0 Å². The minimum absolute atomic E-state index is 0.160.